The molecule has 1 aliphatic heterocycles. The third-order valence-corrected chi connectivity index (χ3v) is 5.74. The number of aromatic nitrogens is 2. The summed E-state index contributed by atoms with van der Waals surface area (Å²) in [5, 5.41) is 17.9. The zero-order valence-corrected chi connectivity index (χ0v) is 19.5. The summed E-state index contributed by atoms with van der Waals surface area (Å²) in [7, 11) is 3.20. The number of phenols is 1. The minimum atomic E-state index is 0.118. The maximum Gasteiger partial charge on any atom is 0.161 e. The van der Waals surface area contributed by atoms with Crippen LogP contribution in [0.15, 0.2) is 42.6 Å². The monoisotopic (exact) mass is 453 g/mol. The van der Waals surface area contributed by atoms with Crippen LogP contribution >= 0.6 is 0 Å². The van der Waals surface area contributed by atoms with E-state index in [0.717, 1.165) is 30.8 Å². The van der Waals surface area contributed by atoms with Gasteiger partial charge in [0, 0.05) is 36.8 Å². The number of hydrogen-bond acceptors (Lipinski definition) is 7. The molecule has 0 radical (unpaired) electrons. The predicted octanol–water partition coefficient (Wildman–Crippen LogP) is 3.95. The zero-order valence-electron chi connectivity index (χ0n) is 19.5. The Morgan fingerprint density at radius 3 is 2.48 bits per heavy atom. The van der Waals surface area contributed by atoms with E-state index in [-0.39, 0.29) is 18.0 Å². The van der Waals surface area contributed by atoms with E-state index in [1.807, 2.05) is 30.3 Å². The summed E-state index contributed by atoms with van der Waals surface area (Å²) in [6, 6.07) is 11.0. The van der Waals surface area contributed by atoms with Crippen LogP contribution in [-0.2, 0) is 4.74 Å². The van der Waals surface area contributed by atoms with Crippen LogP contribution in [0.5, 0.6) is 23.0 Å². The number of methoxy groups -OCH3 is 2. The van der Waals surface area contributed by atoms with Gasteiger partial charge in [0.25, 0.3) is 0 Å². The largest absolute Gasteiger partial charge is 0.507 e. The number of nitrogens with zero attached hydrogens (tertiary/aromatic N) is 2. The Hall–Kier alpha value is -3.23. The minimum Gasteiger partial charge on any atom is -0.507 e. The van der Waals surface area contributed by atoms with Gasteiger partial charge in [-0.1, -0.05) is 6.07 Å². The molecule has 1 aliphatic rings. The Morgan fingerprint density at radius 1 is 1.03 bits per heavy atom. The molecule has 1 saturated heterocycles. The lowest BCUT2D eigenvalue weighted by Gasteiger charge is -2.35. The molecule has 2 N–H and O–H groups in total. The van der Waals surface area contributed by atoms with E-state index >= 15 is 0 Å². The van der Waals surface area contributed by atoms with Gasteiger partial charge in [-0.25, -0.2) is 0 Å². The molecule has 0 saturated carbocycles. The fourth-order valence-electron chi connectivity index (χ4n) is 4.29. The summed E-state index contributed by atoms with van der Waals surface area (Å²) in [6.07, 6.45) is 2.18. The highest BCUT2D eigenvalue weighted by Crippen LogP contribution is 2.39. The van der Waals surface area contributed by atoms with Crippen molar-refractivity contribution in [2.24, 2.45) is 0 Å². The normalized spacial score (nSPS) is 18.8. The molecule has 4 rings (SSSR count). The third-order valence-electron chi connectivity index (χ3n) is 5.74. The molecule has 1 aromatic heterocycles. The molecule has 3 aromatic rings. The molecule has 2 atom stereocenters. The fourth-order valence-corrected chi connectivity index (χ4v) is 4.29. The predicted molar refractivity (Wildman–Crippen MR) is 126 cm³/mol. The lowest BCUT2D eigenvalue weighted by molar-refractivity contribution is -0.0699. The summed E-state index contributed by atoms with van der Waals surface area (Å²) >= 11 is 0. The fraction of sp³-hybridized carbons (Fsp3) is 0.400. The number of aromatic amines is 1. The average Bonchev–Trinajstić information content (AvgIpc) is 3.27. The molecule has 0 spiro atoms. The Balaban J connectivity index is 1.47. The third kappa shape index (κ3) is 5.23. The SMILES string of the molecule is COc1ccc(-c2cn[nH]c2-c2ccc(OCCN3C[C@H](C)O[C@@H](C)C3)cc2O)cc1OC. The molecule has 8 heteroatoms. The van der Waals surface area contributed by atoms with Crippen LogP contribution in [-0.4, -0.2) is 72.9 Å². The van der Waals surface area contributed by atoms with Gasteiger partial charge in [0.05, 0.1) is 38.3 Å². The first-order valence-electron chi connectivity index (χ1n) is 11.1. The Morgan fingerprint density at radius 2 is 1.79 bits per heavy atom. The molecule has 8 nitrogen and oxygen atoms in total. The smallest absolute Gasteiger partial charge is 0.161 e. The molecule has 0 amide bonds. The van der Waals surface area contributed by atoms with Crippen molar-refractivity contribution < 1.29 is 24.1 Å². The summed E-state index contributed by atoms with van der Waals surface area (Å²) in [5.74, 6) is 2.01. The number of aromatic hydroxyl groups is 1. The van der Waals surface area contributed by atoms with Crippen molar-refractivity contribution in [3.63, 3.8) is 0 Å². The highest BCUT2D eigenvalue weighted by Gasteiger charge is 2.22. The number of ether oxygens (including phenoxy) is 4. The molecular formula is C25H31N3O5. The van der Waals surface area contributed by atoms with Gasteiger partial charge in [-0.2, -0.15) is 5.10 Å². The van der Waals surface area contributed by atoms with E-state index in [9.17, 15) is 5.11 Å². The van der Waals surface area contributed by atoms with Crippen molar-refractivity contribution in [2.45, 2.75) is 26.1 Å². The first kappa shape index (κ1) is 22.9. The van der Waals surface area contributed by atoms with Crippen molar-refractivity contribution in [2.75, 3.05) is 40.5 Å². The molecule has 0 aliphatic carbocycles. The maximum absolute atomic E-state index is 10.7. The quantitative estimate of drug-likeness (QED) is 0.534. The second-order valence-electron chi connectivity index (χ2n) is 8.27. The minimum absolute atomic E-state index is 0.118. The van der Waals surface area contributed by atoms with Gasteiger partial charge in [-0.05, 0) is 43.7 Å². The first-order chi connectivity index (χ1) is 16.0. The van der Waals surface area contributed by atoms with Crippen molar-refractivity contribution in [3.8, 4) is 45.4 Å². The summed E-state index contributed by atoms with van der Waals surface area (Å²) < 4.78 is 22.4. The van der Waals surface area contributed by atoms with E-state index in [1.165, 1.54) is 0 Å². The van der Waals surface area contributed by atoms with Crippen molar-refractivity contribution in [1.82, 2.24) is 15.1 Å². The Bertz CT molecular complexity index is 1070. The van der Waals surface area contributed by atoms with E-state index in [1.54, 1.807) is 26.5 Å². The summed E-state index contributed by atoms with van der Waals surface area (Å²) in [6.45, 7) is 7.33. The van der Waals surface area contributed by atoms with Gasteiger partial charge >= 0.3 is 0 Å². The second-order valence-corrected chi connectivity index (χ2v) is 8.27. The number of phenolic OH excluding ortho intramolecular Hbond substituents is 1. The van der Waals surface area contributed by atoms with Crippen LogP contribution in [0.2, 0.25) is 0 Å². The first-order valence-corrected chi connectivity index (χ1v) is 11.1. The van der Waals surface area contributed by atoms with Gasteiger partial charge in [-0.15, -0.1) is 0 Å². The number of morpholine rings is 1. The van der Waals surface area contributed by atoms with E-state index in [2.05, 4.69) is 28.9 Å². The summed E-state index contributed by atoms with van der Waals surface area (Å²) in [5.41, 5.74) is 3.09. The molecule has 0 unspecified atom stereocenters. The number of nitrogens with one attached hydrogen (secondary N) is 1. The number of hydrogen-bond donors (Lipinski definition) is 2. The number of H-pyrrole nitrogens is 1. The van der Waals surface area contributed by atoms with Crippen molar-refractivity contribution in [1.29, 1.82) is 0 Å². The summed E-state index contributed by atoms with van der Waals surface area (Å²) in [4.78, 5) is 2.34. The van der Waals surface area contributed by atoms with Crippen molar-refractivity contribution >= 4 is 0 Å². The standard InChI is InChI=1S/C25H31N3O5/c1-16-14-28(15-17(2)33-16)9-10-32-19-6-7-20(22(29)12-19)25-21(13-26-27-25)18-5-8-23(30-3)24(11-18)31-4/h5-8,11-13,16-17,29H,9-10,14-15H2,1-4H3,(H,26,27)/t16-,17-/m0/s1. The molecule has 2 aromatic carbocycles. The van der Waals surface area contributed by atoms with Gasteiger partial charge in [0.2, 0.25) is 0 Å². The molecule has 0 bridgehead atoms. The number of rotatable bonds is 8. The average molecular weight is 454 g/mol. The lowest BCUT2D eigenvalue weighted by Crippen LogP contribution is -2.46. The van der Waals surface area contributed by atoms with E-state index in [0.29, 0.717) is 35.1 Å². The molecule has 1 fully saturated rings. The molecule has 176 valence electrons. The van der Waals surface area contributed by atoms with Crippen LogP contribution in [0.4, 0.5) is 0 Å². The van der Waals surface area contributed by atoms with Crippen LogP contribution in [0, 0.1) is 0 Å². The second kappa shape index (κ2) is 10.1. The van der Waals surface area contributed by atoms with Crippen LogP contribution in [0.25, 0.3) is 22.4 Å². The van der Waals surface area contributed by atoms with Gasteiger partial charge in [0.15, 0.2) is 11.5 Å². The zero-order chi connectivity index (χ0) is 23.4. The lowest BCUT2D eigenvalue weighted by atomic mass is 10.0. The van der Waals surface area contributed by atoms with Crippen molar-refractivity contribution in [3.05, 3.63) is 42.6 Å². The van der Waals surface area contributed by atoms with Crippen LogP contribution in [0.3, 0.4) is 0 Å². The Kier molecular flexibility index (Phi) is 7.05. The number of benzene rings is 2. The van der Waals surface area contributed by atoms with Gasteiger partial charge in [0.1, 0.15) is 18.1 Å². The highest BCUT2D eigenvalue weighted by molar-refractivity contribution is 5.84. The molecular weight excluding hydrogens is 422 g/mol. The topological polar surface area (TPSA) is 89.1 Å². The molecule has 2 heterocycles. The van der Waals surface area contributed by atoms with Gasteiger partial charge < -0.3 is 24.1 Å². The van der Waals surface area contributed by atoms with Crippen LogP contribution in [0.1, 0.15) is 13.8 Å². The molecule has 33 heavy (non-hydrogen) atoms. The van der Waals surface area contributed by atoms with E-state index < -0.39 is 0 Å². The van der Waals surface area contributed by atoms with Crippen LogP contribution < -0.4 is 14.2 Å². The Labute approximate surface area is 194 Å². The maximum atomic E-state index is 10.7. The van der Waals surface area contributed by atoms with E-state index in [4.69, 9.17) is 18.9 Å². The van der Waals surface area contributed by atoms with Gasteiger partial charge in [-0.3, -0.25) is 10.00 Å². The highest BCUT2D eigenvalue weighted by atomic mass is 16.5.